The van der Waals surface area contributed by atoms with Crippen molar-refractivity contribution in [3.63, 3.8) is 0 Å². The number of amides is 1. The lowest BCUT2D eigenvalue weighted by Gasteiger charge is -2.24. The number of aromatic nitrogens is 2. The number of carbonyl (C=O) groups excluding carboxylic acids is 1. The number of hydrogen-bond acceptors (Lipinski definition) is 5. The molecule has 4 aromatic rings. The Balaban J connectivity index is 1.46. The second-order valence-corrected chi connectivity index (χ2v) is 8.64. The zero-order valence-electron chi connectivity index (χ0n) is 17.9. The van der Waals surface area contributed by atoms with E-state index in [0.717, 1.165) is 15.5 Å². The monoisotopic (exact) mass is 444 g/mol. The van der Waals surface area contributed by atoms with Gasteiger partial charge in [-0.3, -0.25) is 14.5 Å². The van der Waals surface area contributed by atoms with Crippen LogP contribution in [0, 0.1) is 0 Å². The molecule has 0 radical (unpaired) electrons. The number of benzene rings is 3. The molecule has 7 heteroatoms. The summed E-state index contributed by atoms with van der Waals surface area (Å²) >= 11 is 1.60. The molecule has 1 aromatic heterocycles. The normalized spacial score (nSPS) is 12.1. The fourth-order valence-corrected chi connectivity index (χ4v) is 4.22. The van der Waals surface area contributed by atoms with E-state index in [1.54, 1.807) is 17.8 Å². The molecule has 0 bridgehead atoms. The number of para-hydroxylation sites is 2. The van der Waals surface area contributed by atoms with E-state index in [2.05, 4.69) is 15.3 Å². The largest absolute Gasteiger partial charge is 0.324 e. The maximum atomic E-state index is 13.0. The van der Waals surface area contributed by atoms with Crippen molar-refractivity contribution in [3.05, 3.63) is 95.0 Å². The van der Waals surface area contributed by atoms with Crippen LogP contribution >= 0.6 is 11.8 Å². The number of carbonyl (C=O) groups is 1. The number of likely N-dealkylation sites (N-methyl/N-ethyl adjacent to an activating group) is 1. The minimum absolute atomic E-state index is 0.128. The van der Waals surface area contributed by atoms with Gasteiger partial charge in [-0.1, -0.05) is 54.2 Å². The number of anilines is 1. The summed E-state index contributed by atoms with van der Waals surface area (Å²) in [5.41, 5.74) is 1.23. The molecule has 1 amide bonds. The zero-order valence-corrected chi connectivity index (χ0v) is 18.7. The van der Waals surface area contributed by atoms with Gasteiger partial charge in [0, 0.05) is 9.79 Å². The van der Waals surface area contributed by atoms with Gasteiger partial charge in [-0.15, -0.1) is 0 Å². The average molecular weight is 445 g/mol. The number of hydrogen-bond donors (Lipinski definition) is 2. The summed E-state index contributed by atoms with van der Waals surface area (Å²) in [6, 6.07) is 24.6. The molecule has 3 aromatic carbocycles. The molecule has 0 saturated heterocycles. The van der Waals surface area contributed by atoms with Gasteiger partial charge in [0.05, 0.1) is 29.2 Å². The Bertz CT molecular complexity index is 1290. The summed E-state index contributed by atoms with van der Waals surface area (Å²) in [7, 11) is 1.84. The molecule has 162 valence electrons. The number of nitrogens with zero attached hydrogens (tertiary/aromatic N) is 2. The van der Waals surface area contributed by atoms with E-state index in [1.165, 1.54) is 0 Å². The van der Waals surface area contributed by atoms with Gasteiger partial charge in [-0.25, -0.2) is 4.98 Å². The van der Waals surface area contributed by atoms with E-state index < -0.39 is 6.04 Å². The topological polar surface area (TPSA) is 78.1 Å². The summed E-state index contributed by atoms with van der Waals surface area (Å²) in [4.78, 5) is 36.6. The van der Waals surface area contributed by atoms with Crippen LogP contribution in [-0.2, 0) is 11.3 Å². The second kappa shape index (κ2) is 9.80. The first kappa shape index (κ1) is 21.8. The van der Waals surface area contributed by atoms with Gasteiger partial charge in [0.25, 0.3) is 5.56 Å². The van der Waals surface area contributed by atoms with Gasteiger partial charge in [-0.05, 0) is 50.4 Å². The number of aromatic amines is 1. The van der Waals surface area contributed by atoms with E-state index in [1.807, 2.05) is 91.7 Å². The second-order valence-electron chi connectivity index (χ2n) is 7.52. The Morgan fingerprint density at radius 3 is 2.53 bits per heavy atom. The van der Waals surface area contributed by atoms with Crippen molar-refractivity contribution in [3.8, 4) is 0 Å². The summed E-state index contributed by atoms with van der Waals surface area (Å²) in [6.07, 6.45) is 0. The number of H-pyrrole nitrogens is 1. The third kappa shape index (κ3) is 5.07. The minimum atomic E-state index is -0.429. The fourth-order valence-electron chi connectivity index (χ4n) is 3.29. The van der Waals surface area contributed by atoms with Crippen molar-refractivity contribution in [2.75, 3.05) is 12.4 Å². The molecule has 0 spiro atoms. The summed E-state index contributed by atoms with van der Waals surface area (Å²) in [6.45, 7) is 2.18. The average Bonchev–Trinajstić information content (AvgIpc) is 2.80. The Morgan fingerprint density at radius 1 is 1.03 bits per heavy atom. The lowest BCUT2D eigenvalue weighted by molar-refractivity contribution is -0.120. The molecule has 4 rings (SSSR count). The smallest absolute Gasteiger partial charge is 0.258 e. The first-order valence-electron chi connectivity index (χ1n) is 10.3. The molecule has 1 heterocycles. The third-order valence-corrected chi connectivity index (χ3v) is 6.30. The minimum Gasteiger partial charge on any atom is -0.324 e. The maximum Gasteiger partial charge on any atom is 0.258 e. The van der Waals surface area contributed by atoms with Gasteiger partial charge in [0.1, 0.15) is 5.82 Å². The van der Waals surface area contributed by atoms with Crippen LogP contribution in [0.5, 0.6) is 0 Å². The van der Waals surface area contributed by atoms with Crippen molar-refractivity contribution in [1.29, 1.82) is 0 Å². The van der Waals surface area contributed by atoms with Crippen LogP contribution in [0.3, 0.4) is 0 Å². The van der Waals surface area contributed by atoms with Crippen molar-refractivity contribution >= 4 is 34.3 Å². The lowest BCUT2D eigenvalue weighted by Crippen LogP contribution is -2.39. The zero-order chi connectivity index (χ0) is 22.5. The standard InChI is InChI=1S/C25H24N4O2S/c1-17(29(2)16-23-26-20-13-7-6-12-19(20)25(31)28-23)24(30)27-21-14-8-9-15-22(21)32-18-10-4-3-5-11-18/h3-15,17H,16H2,1-2H3,(H,27,30)(H,26,28,31). The molecule has 2 N–H and O–H groups in total. The Morgan fingerprint density at radius 2 is 1.72 bits per heavy atom. The Hall–Kier alpha value is -3.42. The summed E-state index contributed by atoms with van der Waals surface area (Å²) in [5.74, 6) is 0.396. The molecule has 0 aliphatic rings. The first-order chi connectivity index (χ1) is 15.5. The molecule has 0 aliphatic carbocycles. The van der Waals surface area contributed by atoms with E-state index >= 15 is 0 Å². The van der Waals surface area contributed by atoms with Gasteiger partial charge < -0.3 is 10.3 Å². The number of nitrogens with one attached hydrogen (secondary N) is 2. The fraction of sp³-hybridized carbons (Fsp3) is 0.160. The highest BCUT2D eigenvalue weighted by Crippen LogP contribution is 2.33. The quantitative estimate of drug-likeness (QED) is 0.438. The van der Waals surface area contributed by atoms with E-state index in [-0.39, 0.29) is 11.5 Å². The molecular weight excluding hydrogens is 420 g/mol. The van der Waals surface area contributed by atoms with Crippen LogP contribution in [0.4, 0.5) is 5.69 Å². The predicted octanol–water partition coefficient (Wildman–Crippen LogP) is 4.53. The van der Waals surface area contributed by atoms with E-state index in [9.17, 15) is 9.59 Å². The molecule has 6 nitrogen and oxygen atoms in total. The van der Waals surface area contributed by atoms with Crippen LogP contribution in [0.1, 0.15) is 12.7 Å². The van der Waals surface area contributed by atoms with Crippen LogP contribution in [-0.4, -0.2) is 33.9 Å². The van der Waals surface area contributed by atoms with Crippen LogP contribution in [0.2, 0.25) is 0 Å². The Kier molecular flexibility index (Phi) is 6.68. The Labute approximate surface area is 190 Å². The molecule has 32 heavy (non-hydrogen) atoms. The molecular formula is C25H24N4O2S. The molecule has 1 unspecified atom stereocenters. The van der Waals surface area contributed by atoms with Crippen LogP contribution in [0.25, 0.3) is 10.9 Å². The van der Waals surface area contributed by atoms with Crippen molar-refractivity contribution in [1.82, 2.24) is 14.9 Å². The van der Waals surface area contributed by atoms with Crippen molar-refractivity contribution in [2.45, 2.75) is 29.3 Å². The van der Waals surface area contributed by atoms with Crippen LogP contribution < -0.4 is 10.9 Å². The third-order valence-electron chi connectivity index (χ3n) is 5.22. The highest BCUT2D eigenvalue weighted by molar-refractivity contribution is 7.99. The summed E-state index contributed by atoms with van der Waals surface area (Å²) < 4.78 is 0. The first-order valence-corrected chi connectivity index (χ1v) is 11.1. The van der Waals surface area contributed by atoms with Crippen LogP contribution in [0.15, 0.2) is 93.4 Å². The summed E-state index contributed by atoms with van der Waals surface area (Å²) in [5, 5.41) is 3.60. The number of rotatable bonds is 7. The van der Waals surface area contributed by atoms with Gasteiger partial charge in [0.15, 0.2) is 0 Å². The van der Waals surface area contributed by atoms with Crippen molar-refractivity contribution in [2.24, 2.45) is 0 Å². The highest BCUT2D eigenvalue weighted by Gasteiger charge is 2.20. The van der Waals surface area contributed by atoms with E-state index in [4.69, 9.17) is 0 Å². The number of fused-ring (bicyclic) bond motifs is 1. The van der Waals surface area contributed by atoms with Gasteiger partial charge in [0.2, 0.25) is 5.91 Å². The molecule has 0 fully saturated rings. The molecule has 0 saturated carbocycles. The van der Waals surface area contributed by atoms with Crippen molar-refractivity contribution < 1.29 is 4.79 Å². The lowest BCUT2D eigenvalue weighted by atomic mass is 10.2. The highest BCUT2D eigenvalue weighted by atomic mass is 32.2. The maximum absolute atomic E-state index is 13.0. The van der Waals surface area contributed by atoms with Gasteiger partial charge >= 0.3 is 0 Å². The van der Waals surface area contributed by atoms with Gasteiger partial charge in [-0.2, -0.15) is 0 Å². The molecule has 1 atom stereocenters. The SMILES string of the molecule is CC(C(=O)Nc1ccccc1Sc1ccccc1)N(C)Cc1nc2ccccc2c(=O)[nH]1. The predicted molar refractivity (Wildman–Crippen MR) is 129 cm³/mol. The molecule has 0 aliphatic heterocycles. The van der Waals surface area contributed by atoms with E-state index in [0.29, 0.717) is 23.3 Å².